The third kappa shape index (κ3) is 4.42. The number of ether oxygens (including phenoxy) is 1. The van der Waals surface area contributed by atoms with Gasteiger partial charge in [0.15, 0.2) is 0 Å². The summed E-state index contributed by atoms with van der Waals surface area (Å²) in [6.45, 7) is 0. The maximum atomic E-state index is 9.94. The molecule has 3 N–H and O–H groups in total. The van der Waals surface area contributed by atoms with Gasteiger partial charge in [-0.25, -0.2) is 0 Å². The molecule has 0 aliphatic rings. The first-order valence-electron chi connectivity index (χ1n) is 6.83. The van der Waals surface area contributed by atoms with Gasteiger partial charge in [0.25, 0.3) is 0 Å². The van der Waals surface area contributed by atoms with Gasteiger partial charge in [-0.05, 0) is 74.5 Å². The lowest BCUT2D eigenvalue weighted by Gasteiger charge is -2.08. The molecule has 4 nitrogen and oxygen atoms in total. The highest BCUT2D eigenvalue weighted by Crippen LogP contribution is 2.34. The van der Waals surface area contributed by atoms with E-state index in [-0.39, 0.29) is 21.7 Å². The fraction of sp³-hybridized carbons (Fsp3) is 0.176. The van der Waals surface area contributed by atoms with Crippen molar-refractivity contribution in [1.29, 1.82) is 0 Å². The molecule has 6 heteroatoms. The summed E-state index contributed by atoms with van der Waals surface area (Å²) in [7, 11) is 1.57. The Hall–Kier alpha value is -1.66. The SMILES string of the molecule is COc1cc(C/C=C\Cc2cc(O)c(Br)c(O)c2)c(O)cc1Br. The maximum Gasteiger partial charge on any atom is 0.133 e. The predicted octanol–water partition coefficient (Wildman–Crippen LogP) is 4.68. The second kappa shape index (κ2) is 7.75. The largest absolute Gasteiger partial charge is 0.508 e. The first-order chi connectivity index (χ1) is 10.9. The van der Waals surface area contributed by atoms with E-state index in [1.807, 2.05) is 12.2 Å². The van der Waals surface area contributed by atoms with Gasteiger partial charge < -0.3 is 20.1 Å². The number of hydrogen-bond donors (Lipinski definition) is 3. The zero-order valence-electron chi connectivity index (χ0n) is 12.4. The van der Waals surface area contributed by atoms with Crippen molar-refractivity contribution in [2.45, 2.75) is 12.8 Å². The van der Waals surface area contributed by atoms with Crippen molar-refractivity contribution in [3.63, 3.8) is 0 Å². The Morgan fingerprint density at radius 3 is 2.13 bits per heavy atom. The Morgan fingerprint density at radius 2 is 1.52 bits per heavy atom. The number of methoxy groups -OCH3 is 1. The van der Waals surface area contributed by atoms with Crippen LogP contribution in [0.3, 0.4) is 0 Å². The third-order valence-electron chi connectivity index (χ3n) is 3.31. The number of rotatable bonds is 5. The summed E-state index contributed by atoms with van der Waals surface area (Å²) in [6.07, 6.45) is 4.93. The van der Waals surface area contributed by atoms with E-state index in [0.29, 0.717) is 23.1 Å². The first kappa shape index (κ1) is 17.7. The number of halogens is 2. The highest BCUT2D eigenvalue weighted by atomic mass is 79.9. The van der Waals surface area contributed by atoms with E-state index in [9.17, 15) is 15.3 Å². The number of hydrogen-bond acceptors (Lipinski definition) is 4. The molecular weight excluding hydrogens is 428 g/mol. The number of benzene rings is 2. The molecule has 0 aliphatic carbocycles. The molecule has 0 saturated heterocycles. The molecule has 0 heterocycles. The Bertz CT molecular complexity index is 719. The predicted molar refractivity (Wildman–Crippen MR) is 96.4 cm³/mol. The third-order valence-corrected chi connectivity index (χ3v) is 4.74. The van der Waals surface area contributed by atoms with Gasteiger partial charge in [-0.2, -0.15) is 0 Å². The highest BCUT2D eigenvalue weighted by Gasteiger charge is 2.07. The van der Waals surface area contributed by atoms with Gasteiger partial charge in [0.1, 0.15) is 27.5 Å². The fourth-order valence-electron chi connectivity index (χ4n) is 2.10. The number of phenols is 3. The maximum absolute atomic E-state index is 9.94. The quantitative estimate of drug-likeness (QED) is 0.587. The van der Waals surface area contributed by atoms with Crippen LogP contribution in [0, 0.1) is 0 Å². The number of aromatic hydroxyl groups is 3. The summed E-state index contributed by atoms with van der Waals surface area (Å²) < 4.78 is 6.20. The van der Waals surface area contributed by atoms with Crippen molar-refractivity contribution >= 4 is 31.9 Å². The van der Waals surface area contributed by atoms with E-state index in [2.05, 4.69) is 31.9 Å². The Balaban J connectivity index is 2.05. The van der Waals surface area contributed by atoms with Crippen LogP contribution >= 0.6 is 31.9 Å². The van der Waals surface area contributed by atoms with Crippen molar-refractivity contribution in [2.75, 3.05) is 7.11 Å². The number of allylic oxidation sites excluding steroid dienone is 2. The zero-order valence-corrected chi connectivity index (χ0v) is 15.6. The molecule has 0 spiro atoms. The molecule has 2 aromatic carbocycles. The summed E-state index contributed by atoms with van der Waals surface area (Å²) in [5, 5.41) is 29.2. The molecule has 2 aromatic rings. The average Bonchev–Trinajstić information content (AvgIpc) is 2.50. The molecule has 0 aliphatic heterocycles. The molecule has 122 valence electrons. The van der Waals surface area contributed by atoms with Gasteiger partial charge in [-0.3, -0.25) is 0 Å². The van der Waals surface area contributed by atoms with Gasteiger partial charge in [-0.1, -0.05) is 12.2 Å². The van der Waals surface area contributed by atoms with E-state index in [4.69, 9.17) is 4.74 Å². The summed E-state index contributed by atoms with van der Waals surface area (Å²) in [5.74, 6) is 0.864. The van der Waals surface area contributed by atoms with E-state index in [1.54, 1.807) is 31.4 Å². The van der Waals surface area contributed by atoms with Crippen molar-refractivity contribution in [1.82, 2.24) is 0 Å². The fourth-order valence-corrected chi connectivity index (χ4v) is 2.83. The van der Waals surface area contributed by atoms with Gasteiger partial charge in [0.05, 0.1) is 11.6 Å². The molecule has 0 radical (unpaired) electrons. The van der Waals surface area contributed by atoms with Crippen LogP contribution in [0.2, 0.25) is 0 Å². The minimum Gasteiger partial charge on any atom is -0.508 e. The van der Waals surface area contributed by atoms with Crippen LogP contribution < -0.4 is 4.74 Å². The lowest BCUT2D eigenvalue weighted by Crippen LogP contribution is -1.89. The molecule has 0 unspecified atom stereocenters. The topological polar surface area (TPSA) is 69.9 Å². The molecule has 0 bridgehead atoms. The molecule has 0 amide bonds. The van der Waals surface area contributed by atoms with E-state index < -0.39 is 0 Å². The molecule has 0 saturated carbocycles. The van der Waals surface area contributed by atoms with Crippen molar-refractivity contribution < 1.29 is 20.1 Å². The summed E-state index contributed by atoms with van der Waals surface area (Å²) in [5.41, 5.74) is 1.54. The molecule has 0 fully saturated rings. The molecule has 0 aromatic heterocycles. The molecule has 2 rings (SSSR count). The van der Waals surface area contributed by atoms with E-state index in [1.165, 1.54) is 0 Å². The molecule has 23 heavy (non-hydrogen) atoms. The van der Waals surface area contributed by atoms with Gasteiger partial charge >= 0.3 is 0 Å². The minimum atomic E-state index is 0.00342. The lowest BCUT2D eigenvalue weighted by atomic mass is 10.1. The summed E-state index contributed by atoms with van der Waals surface area (Å²) in [4.78, 5) is 0. The van der Waals surface area contributed by atoms with Crippen LogP contribution in [0.4, 0.5) is 0 Å². The standard InChI is InChI=1S/C17H16Br2O4/c1-23-16-8-11(13(20)9-12(16)18)5-3-2-4-10-6-14(21)17(19)15(22)7-10/h2-3,6-9,20-22H,4-5H2,1H3/b3-2-. The van der Waals surface area contributed by atoms with Gasteiger partial charge in [0.2, 0.25) is 0 Å². The van der Waals surface area contributed by atoms with Crippen LogP contribution in [-0.4, -0.2) is 22.4 Å². The Labute approximate surface area is 151 Å². The van der Waals surface area contributed by atoms with Gasteiger partial charge in [-0.15, -0.1) is 0 Å². The van der Waals surface area contributed by atoms with Crippen molar-refractivity contribution in [2.24, 2.45) is 0 Å². The molecular formula is C17H16Br2O4. The summed E-state index contributed by atoms with van der Waals surface area (Å²) >= 11 is 6.41. The minimum absolute atomic E-state index is 0.00342. The second-order valence-electron chi connectivity index (χ2n) is 4.94. The van der Waals surface area contributed by atoms with Gasteiger partial charge in [0, 0.05) is 5.56 Å². The average molecular weight is 444 g/mol. The summed E-state index contributed by atoms with van der Waals surface area (Å²) in [6, 6.07) is 6.57. The molecule has 0 atom stereocenters. The normalized spacial score (nSPS) is 11.1. The lowest BCUT2D eigenvalue weighted by molar-refractivity contribution is 0.408. The van der Waals surface area contributed by atoms with E-state index >= 15 is 0 Å². The van der Waals surface area contributed by atoms with Crippen LogP contribution in [0.25, 0.3) is 0 Å². The van der Waals surface area contributed by atoms with Crippen LogP contribution in [-0.2, 0) is 12.8 Å². The monoisotopic (exact) mass is 442 g/mol. The van der Waals surface area contributed by atoms with Crippen LogP contribution in [0.15, 0.2) is 45.4 Å². The van der Waals surface area contributed by atoms with Crippen molar-refractivity contribution in [3.8, 4) is 23.0 Å². The van der Waals surface area contributed by atoms with E-state index in [0.717, 1.165) is 11.1 Å². The van der Waals surface area contributed by atoms with Crippen LogP contribution in [0.1, 0.15) is 11.1 Å². The zero-order chi connectivity index (χ0) is 17.0. The smallest absolute Gasteiger partial charge is 0.133 e. The highest BCUT2D eigenvalue weighted by molar-refractivity contribution is 9.11. The van der Waals surface area contributed by atoms with Crippen molar-refractivity contribution in [3.05, 3.63) is 56.5 Å². The second-order valence-corrected chi connectivity index (χ2v) is 6.59. The Kier molecular flexibility index (Phi) is 5.96. The van der Waals surface area contributed by atoms with Crippen LogP contribution in [0.5, 0.6) is 23.0 Å². The first-order valence-corrected chi connectivity index (χ1v) is 8.41. The Morgan fingerprint density at radius 1 is 0.913 bits per heavy atom. The number of phenolic OH excluding ortho intramolecular Hbond substituents is 3.